The Labute approximate surface area is 175 Å². The van der Waals surface area contributed by atoms with E-state index in [0.29, 0.717) is 0 Å². The second-order valence-corrected chi connectivity index (χ2v) is 7.21. The molecular weight excluding hydrogens is 406 g/mol. The van der Waals surface area contributed by atoms with Gasteiger partial charge in [0.2, 0.25) is 0 Å². The van der Waals surface area contributed by atoms with Crippen molar-refractivity contribution in [1.82, 2.24) is 4.90 Å². The fraction of sp³-hybridized carbons (Fsp3) is 0.190. The van der Waals surface area contributed by atoms with E-state index in [1.807, 2.05) is 0 Å². The Morgan fingerprint density at radius 2 is 1.81 bits per heavy atom. The second kappa shape index (κ2) is 7.56. The van der Waals surface area contributed by atoms with Crippen LogP contribution in [0, 0.1) is 10.1 Å². The third kappa shape index (κ3) is 3.48. The smallest absolute Gasteiger partial charge is 0.270 e. The summed E-state index contributed by atoms with van der Waals surface area (Å²) in [6, 6.07) is 8.36. The maximum absolute atomic E-state index is 13.0. The lowest BCUT2D eigenvalue weighted by molar-refractivity contribution is -0.384. The molecule has 0 radical (unpaired) electrons. The van der Waals surface area contributed by atoms with E-state index in [9.17, 15) is 34.1 Å². The van der Waals surface area contributed by atoms with Crippen molar-refractivity contribution in [3.8, 4) is 0 Å². The maximum atomic E-state index is 13.0. The monoisotopic (exact) mass is 421 g/mol. The van der Waals surface area contributed by atoms with Crippen molar-refractivity contribution < 1.29 is 28.9 Å². The number of amides is 3. The van der Waals surface area contributed by atoms with Crippen LogP contribution in [-0.4, -0.2) is 45.2 Å². The first-order valence-corrected chi connectivity index (χ1v) is 9.39. The van der Waals surface area contributed by atoms with E-state index in [1.54, 1.807) is 0 Å². The number of fused-ring (bicyclic) bond motifs is 1. The molecule has 4 rings (SSSR count). The van der Waals surface area contributed by atoms with Gasteiger partial charge in [0.05, 0.1) is 34.2 Å². The molecular formula is C21H15N3O7. The van der Waals surface area contributed by atoms with Gasteiger partial charge in [-0.15, -0.1) is 0 Å². The Bertz CT molecular complexity index is 1190. The zero-order chi connectivity index (χ0) is 22.3. The third-order valence-electron chi connectivity index (χ3n) is 5.27. The average Bonchev–Trinajstić information content (AvgIpc) is 2.99. The number of benzene rings is 2. The molecule has 0 spiro atoms. The number of nitro benzene ring substituents is 1. The van der Waals surface area contributed by atoms with Gasteiger partial charge in [-0.2, -0.15) is 0 Å². The largest absolute Gasteiger partial charge is 0.321 e. The highest BCUT2D eigenvalue weighted by molar-refractivity contribution is 6.26. The van der Waals surface area contributed by atoms with Gasteiger partial charge in [0.1, 0.15) is 5.78 Å². The van der Waals surface area contributed by atoms with Gasteiger partial charge in [-0.25, -0.2) is 0 Å². The van der Waals surface area contributed by atoms with Crippen LogP contribution in [0.2, 0.25) is 0 Å². The van der Waals surface area contributed by atoms with Crippen LogP contribution < -0.4 is 5.32 Å². The Morgan fingerprint density at radius 3 is 2.52 bits per heavy atom. The number of hydrogen-bond donors (Lipinski definition) is 1. The van der Waals surface area contributed by atoms with Gasteiger partial charge in [-0.1, -0.05) is 12.1 Å². The molecule has 1 aliphatic carbocycles. The number of carbonyl (C=O) groups excluding carboxylic acids is 5. The summed E-state index contributed by atoms with van der Waals surface area (Å²) in [4.78, 5) is 73.4. The van der Waals surface area contributed by atoms with Crippen LogP contribution in [0.25, 0.3) is 0 Å². The number of nitro groups is 1. The van der Waals surface area contributed by atoms with E-state index in [1.165, 1.54) is 36.4 Å². The fourth-order valence-electron chi connectivity index (χ4n) is 3.78. The van der Waals surface area contributed by atoms with Crippen molar-refractivity contribution in [3.05, 3.63) is 69.3 Å². The van der Waals surface area contributed by atoms with Crippen molar-refractivity contribution in [1.29, 1.82) is 0 Å². The molecule has 2 aliphatic rings. The Balaban J connectivity index is 1.64. The molecule has 1 unspecified atom stereocenters. The minimum Gasteiger partial charge on any atom is -0.321 e. The van der Waals surface area contributed by atoms with Crippen molar-refractivity contribution >= 4 is 40.7 Å². The number of Topliss-reactive ketones (excluding diaryl/α,β-unsaturated/α-hetero) is 2. The second-order valence-electron chi connectivity index (χ2n) is 7.21. The average molecular weight is 421 g/mol. The molecule has 3 amide bonds. The third-order valence-corrected chi connectivity index (χ3v) is 5.27. The van der Waals surface area contributed by atoms with Gasteiger partial charge in [-0.3, -0.25) is 39.0 Å². The number of rotatable bonds is 4. The number of non-ortho nitro benzene ring substituents is 1. The molecule has 1 atom stereocenters. The highest BCUT2D eigenvalue weighted by Gasteiger charge is 2.45. The molecule has 1 N–H and O–H groups in total. The summed E-state index contributed by atoms with van der Waals surface area (Å²) < 4.78 is 0. The van der Waals surface area contributed by atoms with Crippen molar-refractivity contribution in [2.75, 3.05) is 5.32 Å². The number of imide groups is 1. The first-order valence-electron chi connectivity index (χ1n) is 9.39. The SMILES string of the molecule is O=C1CCC(N2C(=O)c3cccc(NC(=O)c4cccc([N+](=O)[O-])c4)c3C2=O)C(=O)C1. The van der Waals surface area contributed by atoms with Crippen molar-refractivity contribution in [3.63, 3.8) is 0 Å². The number of nitrogens with zero attached hydrogens (tertiary/aromatic N) is 2. The molecule has 1 fully saturated rings. The standard InChI is InChI=1S/C21H15N3O7/c25-13-7-8-16(17(26)10-13)23-20(28)14-5-2-6-15(18(14)21(23)29)22-19(27)11-3-1-4-12(9-11)24(30)31/h1-6,9,16H,7-8,10H2,(H,22,27). The molecule has 0 aromatic heterocycles. The summed E-state index contributed by atoms with van der Waals surface area (Å²) in [5.74, 6) is -2.83. The highest BCUT2D eigenvalue weighted by Crippen LogP contribution is 2.33. The maximum Gasteiger partial charge on any atom is 0.270 e. The summed E-state index contributed by atoms with van der Waals surface area (Å²) in [6.45, 7) is 0. The number of carbonyl (C=O) groups is 5. The molecule has 2 aromatic rings. The van der Waals surface area contributed by atoms with E-state index in [2.05, 4.69) is 5.32 Å². The molecule has 10 nitrogen and oxygen atoms in total. The molecule has 1 heterocycles. The van der Waals surface area contributed by atoms with E-state index in [-0.39, 0.29) is 53.1 Å². The predicted molar refractivity (Wildman–Crippen MR) is 106 cm³/mol. The summed E-state index contributed by atoms with van der Waals surface area (Å²) in [5.41, 5.74) is -0.244. The van der Waals surface area contributed by atoms with E-state index in [0.717, 1.165) is 11.0 Å². The number of nitrogens with one attached hydrogen (secondary N) is 1. The number of anilines is 1. The zero-order valence-electron chi connectivity index (χ0n) is 16.0. The molecule has 0 bridgehead atoms. The predicted octanol–water partition coefficient (Wildman–Crippen LogP) is 2.13. The van der Waals surface area contributed by atoms with Crippen LogP contribution in [0.15, 0.2) is 42.5 Å². The van der Waals surface area contributed by atoms with E-state index in [4.69, 9.17) is 0 Å². The summed E-state index contributed by atoms with van der Waals surface area (Å²) in [6.07, 6.45) is -0.160. The number of ketones is 2. The van der Waals surface area contributed by atoms with Crippen molar-refractivity contribution in [2.45, 2.75) is 25.3 Å². The minimum absolute atomic E-state index is 0.00130. The van der Waals surface area contributed by atoms with Crippen LogP contribution in [0.3, 0.4) is 0 Å². The lowest BCUT2D eigenvalue weighted by Crippen LogP contribution is -2.47. The molecule has 2 aromatic carbocycles. The normalized spacial score (nSPS) is 18.2. The van der Waals surface area contributed by atoms with E-state index >= 15 is 0 Å². The lowest BCUT2D eigenvalue weighted by atomic mass is 9.92. The van der Waals surface area contributed by atoms with Crippen LogP contribution in [-0.2, 0) is 9.59 Å². The van der Waals surface area contributed by atoms with Gasteiger partial charge in [0.25, 0.3) is 23.4 Å². The molecule has 0 saturated heterocycles. The molecule has 10 heteroatoms. The minimum atomic E-state index is -1.02. The number of hydrogen-bond acceptors (Lipinski definition) is 7. The van der Waals surface area contributed by atoms with Gasteiger partial charge in [0.15, 0.2) is 5.78 Å². The van der Waals surface area contributed by atoms with Gasteiger partial charge in [0, 0.05) is 24.1 Å². The Morgan fingerprint density at radius 1 is 1.06 bits per heavy atom. The Kier molecular flexibility index (Phi) is 4.90. The summed E-state index contributed by atoms with van der Waals surface area (Å²) in [7, 11) is 0. The molecule has 31 heavy (non-hydrogen) atoms. The lowest BCUT2D eigenvalue weighted by Gasteiger charge is -2.27. The van der Waals surface area contributed by atoms with Crippen LogP contribution in [0.1, 0.15) is 50.3 Å². The van der Waals surface area contributed by atoms with Crippen LogP contribution in [0.4, 0.5) is 11.4 Å². The quantitative estimate of drug-likeness (QED) is 0.345. The fourth-order valence-corrected chi connectivity index (χ4v) is 3.78. The van der Waals surface area contributed by atoms with Gasteiger partial charge >= 0.3 is 0 Å². The molecule has 156 valence electrons. The van der Waals surface area contributed by atoms with Crippen LogP contribution in [0.5, 0.6) is 0 Å². The first kappa shape index (κ1) is 20.1. The Hall–Kier alpha value is -4.21. The van der Waals surface area contributed by atoms with Crippen molar-refractivity contribution in [2.24, 2.45) is 0 Å². The van der Waals surface area contributed by atoms with Gasteiger partial charge < -0.3 is 5.32 Å². The zero-order valence-corrected chi connectivity index (χ0v) is 16.0. The topological polar surface area (TPSA) is 144 Å². The van der Waals surface area contributed by atoms with E-state index < -0.39 is 34.5 Å². The summed E-state index contributed by atoms with van der Waals surface area (Å²) >= 11 is 0. The molecule has 1 saturated carbocycles. The molecule has 1 aliphatic heterocycles. The van der Waals surface area contributed by atoms with Crippen LogP contribution >= 0.6 is 0 Å². The van der Waals surface area contributed by atoms with Gasteiger partial charge in [-0.05, 0) is 24.6 Å². The first-order chi connectivity index (χ1) is 14.8. The summed E-state index contributed by atoms with van der Waals surface area (Å²) in [5, 5.41) is 13.5. The highest BCUT2D eigenvalue weighted by atomic mass is 16.6.